The van der Waals surface area contributed by atoms with Gasteiger partial charge in [-0.2, -0.15) is 0 Å². The number of ether oxygens (including phenoxy) is 3. The van der Waals surface area contributed by atoms with Crippen LogP contribution in [0.3, 0.4) is 0 Å². The number of benzene rings is 2. The first kappa shape index (κ1) is 25.8. The third kappa shape index (κ3) is 7.62. The summed E-state index contributed by atoms with van der Waals surface area (Å²) in [5.74, 6) is 0.613. The Morgan fingerprint density at radius 2 is 1.85 bits per heavy atom. The molecule has 9 heteroatoms. The van der Waals surface area contributed by atoms with Gasteiger partial charge >= 0.3 is 0 Å². The van der Waals surface area contributed by atoms with E-state index >= 15 is 0 Å². The lowest BCUT2D eigenvalue weighted by Gasteiger charge is -2.30. The summed E-state index contributed by atoms with van der Waals surface area (Å²) in [6.45, 7) is 6.12. The number of para-hydroxylation sites is 1. The van der Waals surface area contributed by atoms with Crippen LogP contribution in [0.2, 0.25) is 5.02 Å². The van der Waals surface area contributed by atoms with Gasteiger partial charge < -0.3 is 24.4 Å². The van der Waals surface area contributed by atoms with Gasteiger partial charge in [-0.3, -0.25) is 14.5 Å². The lowest BCUT2D eigenvalue weighted by molar-refractivity contribution is -0.142. The molecule has 1 heterocycles. The predicted molar refractivity (Wildman–Crippen MR) is 130 cm³/mol. The first-order valence-electron chi connectivity index (χ1n) is 11.4. The normalized spacial score (nSPS) is 14.8. The highest BCUT2D eigenvalue weighted by Gasteiger charge is 2.27. The molecule has 0 spiro atoms. The van der Waals surface area contributed by atoms with Gasteiger partial charge in [-0.25, -0.2) is 0 Å². The quantitative estimate of drug-likeness (QED) is 0.522. The van der Waals surface area contributed by atoms with E-state index in [0.717, 1.165) is 30.9 Å². The molecule has 0 aromatic heterocycles. The molecule has 34 heavy (non-hydrogen) atoms. The summed E-state index contributed by atoms with van der Waals surface area (Å²) in [6.07, 6.45) is 0. The van der Waals surface area contributed by atoms with E-state index in [1.54, 1.807) is 38.3 Å². The van der Waals surface area contributed by atoms with Crippen LogP contribution in [0.15, 0.2) is 48.5 Å². The van der Waals surface area contributed by atoms with Gasteiger partial charge in [0.2, 0.25) is 5.91 Å². The maximum atomic E-state index is 13.2. The molecule has 2 aromatic carbocycles. The van der Waals surface area contributed by atoms with E-state index in [-0.39, 0.29) is 25.0 Å². The zero-order chi connectivity index (χ0) is 24.3. The average Bonchev–Trinajstić information content (AvgIpc) is 2.87. The molecule has 1 aliphatic rings. The third-order valence-corrected chi connectivity index (χ3v) is 6.01. The number of hydrogen-bond donors (Lipinski definition) is 1. The first-order valence-corrected chi connectivity index (χ1v) is 11.7. The zero-order valence-electron chi connectivity index (χ0n) is 19.7. The van der Waals surface area contributed by atoms with E-state index < -0.39 is 6.04 Å². The summed E-state index contributed by atoms with van der Waals surface area (Å²) in [5.41, 5.74) is 0.875. The maximum absolute atomic E-state index is 13.2. The number of methoxy groups -OCH3 is 1. The molecule has 0 radical (unpaired) electrons. The largest absolute Gasteiger partial charge is 0.497 e. The highest BCUT2D eigenvalue weighted by atomic mass is 35.5. The van der Waals surface area contributed by atoms with E-state index in [1.165, 1.54) is 4.90 Å². The molecule has 1 N–H and O–H groups in total. The Morgan fingerprint density at radius 3 is 2.53 bits per heavy atom. The second-order valence-corrected chi connectivity index (χ2v) is 8.42. The van der Waals surface area contributed by atoms with Crippen molar-refractivity contribution in [2.75, 3.05) is 53.1 Å². The molecule has 2 amide bonds. The van der Waals surface area contributed by atoms with Crippen molar-refractivity contribution in [3.63, 3.8) is 0 Å². The van der Waals surface area contributed by atoms with Crippen LogP contribution in [0.25, 0.3) is 0 Å². The number of carbonyl (C=O) groups excluding carboxylic acids is 2. The van der Waals surface area contributed by atoms with Crippen LogP contribution in [0.4, 0.5) is 0 Å². The highest BCUT2D eigenvalue weighted by Crippen LogP contribution is 2.23. The van der Waals surface area contributed by atoms with Crippen molar-refractivity contribution in [1.29, 1.82) is 0 Å². The van der Waals surface area contributed by atoms with E-state index in [0.29, 0.717) is 30.5 Å². The fourth-order valence-electron chi connectivity index (χ4n) is 3.60. The predicted octanol–water partition coefficient (Wildman–Crippen LogP) is 2.59. The lowest BCUT2D eigenvalue weighted by Crippen LogP contribution is -2.50. The molecule has 0 saturated carbocycles. The Bertz CT molecular complexity index is 934. The fourth-order valence-corrected chi connectivity index (χ4v) is 3.79. The topological polar surface area (TPSA) is 80.3 Å². The van der Waals surface area contributed by atoms with E-state index in [9.17, 15) is 9.59 Å². The summed E-state index contributed by atoms with van der Waals surface area (Å²) in [4.78, 5) is 29.8. The molecule has 1 fully saturated rings. The average molecular weight is 490 g/mol. The number of rotatable bonds is 11. The van der Waals surface area contributed by atoms with Crippen LogP contribution in [0, 0.1) is 0 Å². The molecule has 0 bridgehead atoms. The fraction of sp³-hybridized carbons (Fsp3) is 0.440. The summed E-state index contributed by atoms with van der Waals surface area (Å²) >= 11 is 6.14. The smallest absolute Gasteiger partial charge is 0.261 e. The minimum absolute atomic E-state index is 0.215. The monoisotopic (exact) mass is 489 g/mol. The van der Waals surface area contributed by atoms with Gasteiger partial charge in [0.25, 0.3) is 5.91 Å². The number of morpholine rings is 1. The van der Waals surface area contributed by atoms with Crippen LogP contribution >= 0.6 is 11.6 Å². The van der Waals surface area contributed by atoms with Gasteiger partial charge in [0.15, 0.2) is 6.61 Å². The Labute approximate surface area is 205 Å². The maximum Gasteiger partial charge on any atom is 0.261 e. The van der Waals surface area contributed by atoms with Gasteiger partial charge in [-0.15, -0.1) is 0 Å². The summed E-state index contributed by atoms with van der Waals surface area (Å²) < 4.78 is 16.2. The SMILES string of the molecule is COc1ccc(CN(C(=O)COc2ccccc2Cl)[C@@H](C)C(=O)NCCN2CCOCC2)cc1. The van der Waals surface area contributed by atoms with E-state index in [2.05, 4.69) is 10.2 Å². The number of nitrogens with zero attached hydrogens (tertiary/aromatic N) is 2. The van der Waals surface area contributed by atoms with Gasteiger partial charge in [0, 0.05) is 32.7 Å². The minimum Gasteiger partial charge on any atom is -0.497 e. The zero-order valence-corrected chi connectivity index (χ0v) is 20.4. The van der Waals surface area contributed by atoms with Crippen LogP contribution in [-0.4, -0.2) is 80.8 Å². The second-order valence-electron chi connectivity index (χ2n) is 8.01. The highest BCUT2D eigenvalue weighted by molar-refractivity contribution is 6.32. The van der Waals surface area contributed by atoms with Crippen molar-refractivity contribution in [1.82, 2.24) is 15.1 Å². The van der Waals surface area contributed by atoms with Crippen molar-refractivity contribution < 1.29 is 23.8 Å². The van der Waals surface area contributed by atoms with Crippen LogP contribution < -0.4 is 14.8 Å². The number of halogens is 1. The molecule has 1 saturated heterocycles. The number of carbonyl (C=O) groups is 2. The number of hydrogen-bond acceptors (Lipinski definition) is 6. The standard InChI is InChI=1S/C25H32ClN3O5/c1-19(25(31)27-11-12-28-13-15-33-16-14-28)29(17-20-7-9-21(32-2)10-8-20)24(30)18-34-23-6-4-3-5-22(23)26/h3-10,19H,11-18H2,1-2H3,(H,27,31)/t19-/m0/s1. The minimum atomic E-state index is -0.686. The van der Waals surface area contributed by atoms with Crippen LogP contribution in [0.1, 0.15) is 12.5 Å². The van der Waals surface area contributed by atoms with Crippen LogP contribution in [-0.2, 0) is 20.9 Å². The molecule has 1 aliphatic heterocycles. The van der Waals surface area contributed by atoms with E-state index in [1.807, 2.05) is 24.3 Å². The van der Waals surface area contributed by atoms with Crippen molar-refractivity contribution in [3.05, 3.63) is 59.1 Å². The Morgan fingerprint density at radius 1 is 1.15 bits per heavy atom. The van der Waals surface area contributed by atoms with Crippen LogP contribution in [0.5, 0.6) is 11.5 Å². The summed E-state index contributed by atoms with van der Waals surface area (Å²) in [5, 5.41) is 3.38. The van der Waals surface area contributed by atoms with Gasteiger partial charge in [0.1, 0.15) is 17.5 Å². The van der Waals surface area contributed by atoms with Crippen molar-refractivity contribution in [3.8, 4) is 11.5 Å². The molecule has 8 nitrogen and oxygen atoms in total. The molecular formula is C25H32ClN3O5. The van der Waals surface area contributed by atoms with Gasteiger partial charge in [0.05, 0.1) is 25.3 Å². The Kier molecular flexibility index (Phi) is 10.00. The Hall–Kier alpha value is -2.81. The lowest BCUT2D eigenvalue weighted by atomic mass is 10.1. The molecule has 3 rings (SSSR count). The summed E-state index contributed by atoms with van der Waals surface area (Å²) in [7, 11) is 1.60. The van der Waals surface area contributed by atoms with Crippen molar-refractivity contribution in [2.24, 2.45) is 0 Å². The molecule has 0 unspecified atom stereocenters. The molecule has 0 aliphatic carbocycles. The molecule has 2 aromatic rings. The van der Waals surface area contributed by atoms with Gasteiger partial charge in [-0.05, 0) is 36.8 Å². The van der Waals surface area contributed by atoms with E-state index in [4.69, 9.17) is 25.8 Å². The molecule has 1 atom stereocenters. The summed E-state index contributed by atoms with van der Waals surface area (Å²) in [6, 6.07) is 13.7. The van der Waals surface area contributed by atoms with Gasteiger partial charge in [-0.1, -0.05) is 35.9 Å². The Balaban J connectivity index is 1.63. The first-order chi connectivity index (χ1) is 16.5. The van der Waals surface area contributed by atoms with Crippen molar-refractivity contribution >= 4 is 23.4 Å². The molecular weight excluding hydrogens is 458 g/mol. The number of nitrogens with one attached hydrogen (secondary N) is 1. The number of amides is 2. The third-order valence-electron chi connectivity index (χ3n) is 5.70. The van der Waals surface area contributed by atoms with Crippen molar-refractivity contribution in [2.45, 2.75) is 19.5 Å². The molecule has 184 valence electrons. The second kappa shape index (κ2) is 13.2.